The summed E-state index contributed by atoms with van der Waals surface area (Å²) < 4.78 is 81.1. The summed E-state index contributed by atoms with van der Waals surface area (Å²) in [5, 5.41) is 2.79. The number of carbonyl (C=O) groups is 2. The van der Waals surface area contributed by atoms with Gasteiger partial charge in [0.1, 0.15) is 18.4 Å². The molecule has 0 radical (unpaired) electrons. The number of alkyl halides is 3. The molecule has 0 aromatic heterocycles. The second kappa shape index (κ2) is 13.8. The van der Waals surface area contributed by atoms with Gasteiger partial charge in [0, 0.05) is 25.1 Å². The number of anilines is 1. The summed E-state index contributed by atoms with van der Waals surface area (Å²) in [7, 11) is -4.27. The molecular formula is C30H33F4N3O4S. The average molecular weight is 608 g/mol. The molecule has 0 saturated heterocycles. The zero-order valence-corrected chi connectivity index (χ0v) is 24.3. The van der Waals surface area contributed by atoms with Gasteiger partial charge in [0.15, 0.2) is 0 Å². The van der Waals surface area contributed by atoms with Crippen molar-refractivity contribution in [3.8, 4) is 0 Å². The highest BCUT2D eigenvalue weighted by atomic mass is 32.2. The number of carbonyl (C=O) groups excluding carboxylic acids is 2. The normalized spacial score (nSPS) is 12.6. The van der Waals surface area contributed by atoms with Gasteiger partial charge in [-0.15, -0.1) is 0 Å². The minimum atomic E-state index is -4.75. The number of benzene rings is 3. The highest BCUT2D eigenvalue weighted by molar-refractivity contribution is 7.92. The quantitative estimate of drug-likeness (QED) is 0.293. The minimum absolute atomic E-state index is 0.0212. The van der Waals surface area contributed by atoms with E-state index in [1.165, 1.54) is 18.2 Å². The third kappa shape index (κ3) is 9.04. The van der Waals surface area contributed by atoms with Crippen LogP contribution in [0.2, 0.25) is 0 Å². The summed E-state index contributed by atoms with van der Waals surface area (Å²) in [5.74, 6) is -2.01. The number of hydrogen-bond donors (Lipinski definition) is 1. The molecule has 1 atom stereocenters. The van der Waals surface area contributed by atoms with Crippen LogP contribution in [0.1, 0.15) is 30.5 Å². The van der Waals surface area contributed by atoms with E-state index in [4.69, 9.17) is 0 Å². The fourth-order valence-electron chi connectivity index (χ4n) is 4.24. The van der Waals surface area contributed by atoms with Crippen LogP contribution < -0.4 is 9.62 Å². The number of nitrogens with zero attached hydrogens (tertiary/aromatic N) is 2. The fourth-order valence-corrected chi connectivity index (χ4v) is 5.08. The highest BCUT2D eigenvalue weighted by Gasteiger charge is 2.35. The van der Waals surface area contributed by atoms with E-state index in [1.54, 1.807) is 36.4 Å². The van der Waals surface area contributed by atoms with Gasteiger partial charge in [-0.3, -0.25) is 13.9 Å². The molecule has 7 nitrogen and oxygen atoms in total. The Hall–Kier alpha value is -3.93. The Kier molecular flexibility index (Phi) is 10.7. The molecule has 0 spiro atoms. The van der Waals surface area contributed by atoms with Gasteiger partial charge in [-0.2, -0.15) is 13.2 Å². The van der Waals surface area contributed by atoms with Crippen molar-refractivity contribution in [2.24, 2.45) is 5.92 Å². The van der Waals surface area contributed by atoms with Crippen molar-refractivity contribution in [1.29, 1.82) is 0 Å². The van der Waals surface area contributed by atoms with E-state index >= 15 is 0 Å². The molecule has 0 bridgehead atoms. The van der Waals surface area contributed by atoms with Crippen LogP contribution >= 0.6 is 0 Å². The number of hydrogen-bond acceptors (Lipinski definition) is 4. The van der Waals surface area contributed by atoms with Crippen molar-refractivity contribution >= 4 is 27.5 Å². The van der Waals surface area contributed by atoms with Crippen molar-refractivity contribution in [2.45, 2.75) is 39.0 Å². The van der Waals surface area contributed by atoms with E-state index in [2.05, 4.69) is 5.32 Å². The van der Waals surface area contributed by atoms with Crippen LogP contribution in [0, 0.1) is 11.7 Å². The number of nitrogens with one attached hydrogen (secondary N) is 1. The Morgan fingerprint density at radius 1 is 0.929 bits per heavy atom. The van der Waals surface area contributed by atoms with Gasteiger partial charge in [-0.1, -0.05) is 68.4 Å². The SMILES string of the molecule is CC(C)CNC(=O)[C@@H](Cc1ccccc1)N(Cc1ccccc1F)C(=O)CN(c1cccc(C(F)(F)F)c1)S(C)(=O)=O. The van der Waals surface area contributed by atoms with Crippen molar-refractivity contribution < 1.29 is 35.6 Å². The lowest BCUT2D eigenvalue weighted by Crippen LogP contribution is -2.53. The monoisotopic (exact) mass is 607 g/mol. The Morgan fingerprint density at radius 3 is 2.17 bits per heavy atom. The fraction of sp³-hybridized carbons (Fsp3) is 0.333. The van der Waals surface area contributed by atoms with E-state index in [0.717, 1.165) is 29.4 Å². The maximum atomic E-state index is 14.8. The van der Waals surface area contributed by atoms with Crippen LogP contribution in [0.4, 0.5) is 23.2 Å². The molecule has 0 aliphatic rings. The summed E-state index contributed by atoms with van der Waals surface area (Å²) in [6.45, 7) is 2.74. The van der Waals surface area contributed by atoms with E-state index in [9.17, 15) is 35.6 Å². The van der Waals surface area contributed by atoms with Gasteiger partial charge in [0.2, 0.25) is 21.8 Å². The molecule has 3 aromatic carbocycles. The average Bonchev–Trinajstić information content (AvgIpc) is 2.92. The molecular weight excluding hydrogens is 574 g/mol. The first kappa shape index (κ1) is 32.6. The molecule has 3 rings (SSSR count). The molecule has 226 valence electrons. The molecule has 0 aliphatic heterocycles. The Labute approximate surface area is 243 Å². The smallest absolute Gasteiger partial charge is 0.354 e. The lowest BCUT2D eigenvalue weighted by molar-refractivity contribution is -0.140. The lowest BCUT2D eigenvalue weighted by atomic mass is 10.0. The maximum Gasteiger partial charge on any atom is 0.416 e. The summed E-state index contributed by atoms with van der Waals surface area (Å²) >= 11 is 0. The highest BCUT2D eigenvalue weighted by Crippen LogP contribution is 2.32. The van der Waals surface area contributed by atoms with Crippen LogP contribution in [0.3, 0.4) is 0 Å². The van der Waals surface area contributed by atoms with Crippen LogP contribution in [-0.2, 0) is 38.8 Å². The Morgan fingerprint density at radius 2 is 1.57 bits per heavy atom. The number of sulfonamides is 1. The van der Waals surface area contributed by atoms with E-state index in [-0.39, 0.29) is 30.1 Å². The zero-order valence-electron chi connectivity index (χ0n) is 23.4. The van der Waals surface area contributed by atoms with Gasteiger partial charge in [-0.05, 0) is 35.7 Å². The van der Waals surface area contributed by atoms with Crippen LogP contribution in [0.25, 0.3) is 0 Å². The summed E-state index contributed by atoms with van der Waals surface area (Å²) in [6, 6.07) is 16.8. The third-order valence-electron chi connectivity index (χ3n) is 6.39. The largest absolute Gasteiger partial charge is 0.416 e. The van der Waals surface area contributed by atoms with E-state index < -0.39 is 58.5 Å². The summed E-state index contributed by atoms with van der Waals surface area (Å²) in [5.41, 5.74) is -0.716. The van der Waals surface area contributed by atoms with Crippen molar-refractivity contribution in [2.75, 3.05) is 23.7 Å². The van der Waals surface area contributed by atoms with Crippen molar-refractivity contribution in [3.63, 3.8) is 0 Å². The second-order valence-corrected chi connectivity index (χ2v) is 12.2. The van der Waals surface area contributed by atoms with Gasteiger partial charge in [-0.25, -0.2) is 12.8 Å². The number of rotatable bonds is 12. The summed E-state index contributed by atoms with van der Waals surface area (Å²) in [4.78, 5) is 28.5. The molecule has 0 unspecified atom stereocenters. The van der Waals surface area contributed by atoms with Crippen molar-refractivity contribution in [1.82, 2.24) is 10.2 Å². The standard InChI is InChI=1S/C30H33F4N3O4S/c1-21(2)18-35-29(39)27(16-22-10-5-4-6-11-22)36(19-23-12-7-8-15-26(23)31)28(38)20-37(42(3,40)41)25-14-9-13-24(17-25)30(32,33)34/h4-15,17,21,27H,16,18-20H2,1-3H3,(H,35,39)/t27-/m1/s1. The Balaban J connectivity index is 2.08. The van der Waals surface area contributed by atoms with Crippen molar-refractivity contribution in [3.05, 3.63) is 101 Å². The van der Waals surface area contributed by atoms with Gasteiger partial charge >= 0.3 is 6.18 Å². The lowest BCUT2D eigenvalue weighted by Gasteiger charge is -2.33. The molecule has 1 N–H and O–H groups in total. The minimum Gasteiger partial charge on any atom is -0.354 e. The maximum absolute atomic E-state index is 14.8. The van der Waals surface area contributed by atoms with E-state index in [1.807, 2.05) is 13.8 Å². The number of halogens is 4. The van der Waals surface area contributed by atoms with Gasteiger partial charge in [0.05, 0.1) is 17.5 Å². The molecule has 0 heterocycles. The second-order valence-electron chi connectivity index (χ2n) is 10.3. The first-order valence-electron chi connectivity index (χ1n) is 13.2. The molecule has 2 amide bonds. The first-order chi connectivity index (χ1) is 19.7. The van der Waals surface area contributed by atoms with Crippen LogP contribution in [-0.4, -0.2) is 50.5 Å². The molecule has 0 saturated carbocycles. The zero-order chi connectivity index (χ0) is 31.1. The van der Waals surface area contributed by atoms with Crippen LogP contribution in [0.5, 0.6) is 0 Å². The molecule has 3 aromatic rings. The Bertz CT molecular complexity index is 1480. The summed E-state index contributed by atoms with van der Waals surface area (Å²) in [6.07, 6.45) is -3.97. The molecule has 0 aliphatic carbocycles. The van der Waals surface area contributed by atoms with Crippen LogP contribution in [0.15, 0.2) is 78.9 Å². The molecule has 0 fully saturated rings. The first-order valence-corrected chi connectivity index (χ1v) is 15.0. The third-order valence-corrected chi connectivity index (χ3v) is 7.54. The molecule has 12 heteroatoms. The van der Waals surface area contributed by atoms with Gasteiger partial charge < -0.3 is 10.2 Å². The van der Waals surface area contributed by atoms with E-state index in [0.29, 0.717) is 15.9 Å². The number of amides is 2. The predicted molar refractivity (Wildman–Crippen MR) is 152 cm³/mol. The van der Waals surface area contributed by atoms with Gasteiger partial charge in [0.25, 0.3) is 0 Å². The molecule has 42 heavy (non-hydrogen) atoms. The topological polar surface area (TPSA) is 86.8 Å². The predicted octanol–water partition coefficient (Wildman–Crippen LogP) is 5.02.